The Hall–Kier alpha value is -4.55. The number of nitrogens with one attached hydrogen (secondary N) is 4. The number of likely N-dealkylation sites (tertiary alicyclic amines) is 1. The van der Waals surface area contributed by atoms with E-state index in [9.17, 15) is 18.0 Å². The van der Waals surface area contributed by atoms with Crippen LogP contribution in [0.3, 0.4) is 0 Å². The lowest BCUT2D eigenvalue weighted by atomic mass is 10.0. The van der Waals surface area contributed by atoms with Gasteiger partial charge in [-0.1, -0.05) is 78.9 Å². The molecule has 0 saturated carbocycles. The van der Waals surface area contributed by atoms with E-state index in [0.717, 1.165) is 5.56 Å². The number of amides is 2. The van der Waals surface area contributed by atoms with Gasteiger partial charge in [0, 0.05) is 24.2 Å². The fourth-order valence-corrected chi connectivity index (χ4v) is 6.23. The molecule has 12 heteroatoms. The number of nitrogens with zero attached hydrogens (tertiary/aromatic N) is 1. The fourth-order valence-electron chi connectivity index (χ4n) is 4.90. The minimum Gasteiger partial charge on any atom is -0.384 e. The molecule has 1 aliphatic heterocycles. The van der Waals surface area contributed by atoms with Crippen LogP contribution in [0.1, 0.15) is 40.7 Å². The summed E-state index contributed by atoms with van der Waals surface area (Å²) in [6, 6.07) is 20.4. The molecule has 0 bridgehead atoms. The SMILES string of the molecule is N=C(N)c1ccc(CNC(=O)[C@@H]2CCCN2C(=O)[C@@H](Cc2ccc(C(=N)N)cc2)NS(=O)(=O)Cc2ccccc2)cc1. The van der Waals surface area contributed by atoms with Crippen molar-refractivity contribution in [2.75, 3.05) is 6.54 Å². The fraction of sp³-hybridized carbons (Fsp3) is 0.267. The van der Waals surface area contributed by atoms with E-state index in [2.05, 4.69) is 10.0 Å². The Kier molecular flexibility index (Phi) is 9.71. The minimum absolute atomic E-state index is 0.0468. The van der Waals surface area contributed by atoms with E-state index in [-0.39, 0.29) is 36.3 Å². The van der Waals surface area contributed by atoms with Crippen LogP contribution in [-0.4, -0.2) is 55.4 Å². The number of carbonyl (C=O) groups is 2. The smallest absolute Gasteiger partial charge is 0.243 e. The summed E-state index contributed by atoms with van der Waals surface area (Å²) >= 11 is 0. The predicted molar refractivity (Wildman–Crippen MR) is 161 cm³/mol. The number of nitrogens with two attached hydrogens (primary N) is 2. The molecule has 2 atom stereocenters. The average Bonchev–Trinajstić information content (AvgIpc) is 3.46. The van der Waals surface area contributed by atoms with Gasteiger partial charge in [-0.3, -0.25) is 20.4 Å². The van der Waals surface area contributed by atoms with Crippen molar-refractivity contribution >= 4 is 33.5 Å². The van der Waals surface area contributed by atoms with Crippen molar-refractivity contribution in [1.29, 1.82) is 10.8 Å². The first-order chi connectivity index (χ1) is 20.0. The molecular formula is C30H35N7O4S. The Morgan fingerprint density at radius 2 is 1.43 bits per heavy atom. The van der Waals surface area contributed by atoms with Crippen molar-refractivity contribution in [1.82, 2.24) is 14.9 Å². The Labute approximate surface area is 245 Å². The van der Waals surface area contributed by atoms with Gasteiger partial charge in [-0.25, -0.2) is 13.1 Å². The quantitative estimate of drug-likeness (QED) is 0.137. The van der Waals surface area contributed by atoms with E-state index in [4.69, 9.17) is 22.3 Å². The number of hydrogen-bond acceptors (Lipinski definition) is 6. The van der Waals surface area contributed by atoms with Crippen molar-refractivity contribution in [3.63, 3.8) is 0 Å². The highest BCUT2D eigenvalue weighted by atomic mass is 32.2. The van der Waals surface area contributed by atoms with Gasteiger partial charge in [0.05, 0.1) is 5.75 Å². The average molecular weight is 590 g/mol. The maximum Gasteiger partial charge on any atom is 0.243 e. The third kappa shape index (κ3) is 8.02. The van der Waals surface area contributed by atoms with Crippen LogP contribution in [0.25, 0.3) is 0 Å². The van der Waals surface area contributed by atoms with E-state index in [1.54, 1.807) is 78.9 Å². The first kappa shape index (κ1) is 30.4. The van der Waals surface area contributed by atoms with Gasteiger partial charge in [0.25, 0.3) is 0 Å². The summed E-state index contributed by atoms with van der Waals surface area (Å²) in [4.78, 5) is 28.5. The van der Waals surface area contributed by atoms with Crippen LogP contribution in [0.15, 0.2) is 78.9 Å². The lowest BCUT2D eigenvalue weighted by Gasteiger charge is -2.29. The van der Waals surface area contributed by atoms with E-state index in [1.165, 1.54) is 4.90 Å². The van der Waals surface area contributed by atoms with Gasteiger partial charge in [-0.15, -0.1) is 0 Å². The zero-order valence-corrected chi connectivity index (χ0v) is 23.9. The molecule has 0 unspecified atom stereocenters. The summed E-state index contributed by atoms with van der Waals surface area (Å²) in [7, 11) is -3.92. The number of amidine groups is 2. The largest absolute Gasteiger partial charge is 0.384 e. The second-order valence-corrected chi connectivity index (χ2v) is 12.0. The predicted octanol–water partition coefficient (Wildman–Crippen LogP) is 1.59. The number of sulfonamides is 1. The van der Waals surface area contributed by atoms with Crippen molar-refractivity contribution in [3.05, 3.63) is 107 Å². The van der Waals surface area contributed by atoms with Crippen molar-refractivity contribution in [2.45, 2.75) is 43.6 Å². The van der Waals surface area contributed by atoms with E-state index in [1.807, 2.05) is 0 Å². The monoisotopic (exact) mass is 589 g/mol. The summed E-state index contributed by atoms with van der Waals surface area (Å²) in [5.41, 5.74) is 14.2. The number of hydrogen-bond donors (Lipinski definition) is 6. The van der Waals surface area contributed by atoms with E-state index in [0.29, 0.717) is 41.6 Å². The van der Waals surface area contributed by atoms with Gasteiger partial charge in [0.2, 0.25) is 21.8 Å². The molecule has 1 saturated heterocycles. The molecule has 8 N–H and O–H groups in total. The lowest BCUT2D eigenvalue weighted by molar-refractivity contribution is -0.139. The molecule has 220 valence electrons. The van der Waals surface area contributed by atoms with Gasteiger partial charge in [0.15, 0.2) is 0 Å². The summed E-state index contributed by atoms with van der Waals surface area (Å²) in [5, 5.41) is 18.0. The zero-order chi connectivity index (χ0) is 30.3. The van der Waals surface area contributed by atoms with Gasteiger partial charge >= 0.3 is 0 Å². The number of rotatable bonds is 12. The summed E-state index contributed by atoms with van der Waals surface area (Å²) < 4.78 is 28.9. The second kappa shape index (κ2) is 13.4. The van der Waals surface area contributed by atoms with Gasteiger partial charge in [-0.2, -0.15) is 0 Å². The van der Waals surface area contributed by atoms with Crippen molar-refractivity contribution in [2.24, 2.45) is 11.5 Å². The molecule has 1 aliphatic rings. The number of benzene rings is 3. The molecule has 0 aromatic heterocycles. The van der Waals surface area contributed by atoms with E-state index >= 15 is 0 Å². The first-order valence-electron chi connectivity index (χ1n) is 13.5. The maximum atomic E-state index is 13.9. The summed E-state index contributed by atoms with van der Waals surface area (Å²) in [6.07, 6.45) is 1.12. The number of carbonyl (C=O) groups excluding carboxylic acids is 2. The Bertz CT molecular complexity index is 1540. The molecule has 3 aromatic rings. The minimum atomic E-state index is -3.92. The van der Waals surface area contributed by atoms with Gasteiger partial charge in [0.1, 0.15) is 23.8 Å². The molecule has 1 fully saturated rings. The highest BCUT2D eigenvalue weighted by Gasteiger charge is 2.38. The second-order valence-electron chi connectivity index (χ2n) is 10.2. The number of nitrogen functional groups attached to an aromatic ring is 2. The third-order valence-electron chi connectivity index (χ3n) is 7.09. The van der Waals surface area contributed by atoms with Crippen LogP contribution in [0, 0.1) is 10.8 Å². The molecule has 0 spiro atoms. The van der Waals surface area contributed by atoms with Crippen molar-refractivity contribution < 1.29 is 18.0 Å². The molecule has 2 amide bonds. The molecule has 0 radical (unpaired) electrons. The van der Waals surface area contributed by atoms with Crippen molar-refractivity contribution in [3.8, 4) is 0 Å². The van der Waals surface area contributed by atoms with Crippen LogP contribution in [-0.2, 0) is 38.3 Å². The normalized spacial score (nSPS) is 15.6. The Balaban J connectivity index is 1.50. The van der Waals surface area contributed by atoms with Crippen LogP contribution in [0.5, 0.6) is 0 Å². The highest BCUT2D eigenvalue weighted by Crippen LogP contribution is 2.21. The Morgan fingerprint density at radius 1 is 0.857 bits per heavy atom. The third-order valence-corrected chi connectivity index (χ3v) is 8.45. The molecule has 3 aromatic carbocycles. The maximum absolute atomic E-state index is 13.9. The standard InChI is InChI=1S/C30H35N7O4S/c31-27(32)23-12-8-20(9-13-23)17-25(36-42(40,41)19-22-5-2-1-3-6-22)30(39)37-16-4-7-26(37)29(38)35-18-21-10-14-24(15-11-21)28(33)34/h1-3,5-6,8-15,25-26,36H,4,7,16-19H2,(H3,31,32)(H3,33,34)(H,35,38)/t25-,26+/m1/s1. The van der Waals surface area contributed by atoms with Gasteiger partial charge < -0.3 is 21.7 Å². The highest BCUT2D eigenvalue weighted by molar-refractivity contribution is 7.88. The van der Waals surface area contributed by atoms with Crippen LogP contribution < -0.4 is 21.5 Å². The molecule has 4 rings (SSSR count). The molecule has 42 heavy (non-hydrogen) atoms. The first-order valence-corrected chi connectivity index (χ1v) is 15.2. The Morgan fingerprint density at radius 3 is 2.00 bits per heavy atom. The summed E-state index contributed by atoms with van der Waals surface area (Å²) in [5.74, 6) is -1.25. The van der Waals surface area contributed by atoms with Crippen LogP contribution in [0.4, 0.5) is 0 Å². The molecule has 11 nitrogen and oxygen atoms in total. The summed E-state index contributed by atoms with van der Waals surface area (Å²) in [6.45, 7) is 0.551. The van der Waals surface area contributed by atoms with E-state index < -0.39 is 28.0 Å². The zero-order valence-electron chi connectivity index (χ0n) is 23.0. The topological polar surface area (TPSA) is 195 Å². The van der Waals surface area contributed by atoms with Crippen LogP contribution in [0.2, 0.25) is 0 Å². The van der Waals surface area contributed by atoms with Crippen LogP contribution >= 0.6 is 0 Å². The lowest BCUT2D eigenvalue weighted by Crippen LogP contribution is -2.54. The van der Waals surface area contributed by atoms with Gasteiger partial charge in [-0.05, 0) is 36.0 Å². The molecule has 1 heterocycles. The molecule has 0 aliphatic carbocycles. The molecular weight excluding hydrogens is 554 g/mol.